The van der Waals surface area contributed by atoms with E-state index in [0.717, 1.165) is 12.1 Å². The maximum atomic E-state index is 12.9. The number of halogens is 5. The van der Waals surface area contributed by atoms with Crippen molar-refractivity contribution < 1.29 is 31.5 Å². The minimum atomic E-state index is -4.43. The summed E-state index contributed by atoms with van der Waals surface area (Å²) in [6, 6.07) is 12.3. The Morgan fingerprint density at radius 2 is 1.88 bits per heavy atom. The van der Waals surface area contributed by atoms with Crippen LogP contribution in [0.3, 0.4) is 0 Å². The molecule has 0 aliphatic heterocycles. The minimum Gasteiger partial charge on any atom is -0.435 e. The molecular formula is C22H18F5N3O2. The molecule has 3 aromatic rings. The van der Waals surface area contributed by atoms with Crippen molar-refractivity contribution in [3.05, 3.63) is 83.1 Å². The molecule has 0 saturated heterocycles. The van der Waals surface area contributed by atoms with E-state index in [1.165, 1.54) is 47.2 Å². The summed E-state index contributed by atoms with van der Waals surface area (Å²) >= 11 is 0. The fourth-order valence-corrected chi connectivity index (χ4v) is 2.85. The first-order valence-corrected chi connectivity index (χ1v) is 9.35. The molecule has 168 valence electrons. The number of amides is 1. The molecule has 1 amide bonds. The molecule has 0 spiro atoms. The maximum Gasteiger partial charge on any atom is 0.416 e. The number of hydrogen-bond acceptors (Lipinski definition) is 3. The Labute approximate surface area is 180 Å². The van der Waals surface area contributed by atoms with Crippen LogP contribution >= 0.6 is 0 Å². The van der Waals surface area contributed by atoms with Gasteiger partial charge in [-0.1, -0.05) is 24.3 Å². The molecule has 0 bridgehead atoms. The van der Waals surface area contributed by atoms with Gasteiger partial charge in [0, 0.05) is 17.8 Å². The van der Waals surface area contributed by atoms with Crippen LogP contribution in [0.25, 0.3) is 6.08 Å². The zero-order valence-electron chi connectivity index (χ0n) is 16.7. The molecule has 0 unspecified atom stereocenters. The van der Waals surface area contributed by atoms with Crippen LogP contribution in [0.5, 0.6) is 5.75 Å². The fourth-order valence-electron chi connectivity index (χ4n) is 2.85. The van der Waals surface area contributed by atoms with Crippen LogP contribution in [0.2, 0.25) is 0 Å². The number of ether oxygens (including phenoxy) is 1. The van der Waals surface area contributed by atoms with E-state index in [4.69, 9.17) is 0 Å². The third-order valence-electron chi connectivity index (χ3n) is 4.35. The lowest BCUT2D eigenvalue weighted by Crippen LogP contribution is -2.10. The van der Waals surface area contributed by atoms with E-state index in [1.807, 2.05) is 0 Å². The third kappa shape index (κ3) is 6.40. The first-order chi connectivity index (χ1) is 15.1. The van der Waals surface area contributed by atoms with Crippen LogP contribution in [-0.4, -0.2) is 22.3 Å². The van der Waals surface area contributed by atoms with Gasteiger partial charge in [-0.15, -0.1) is 0 Å². The number of nitrogens with zero attached hydrogens (tertiary/aromatic N) is 2. The van der Waals surface area contributed by atoms with Crippen LogP contribution in [0, 0.1) is 6.92 Å². The number of hydrogen-bond donors (Lipinski definition) is 1. The quantitative estimate of drug-likeness (QED) is 0.381. The smallest absolute Gasteiger partial charge is 0.416 e. The zero-order chi connectivity index (χ0) is 23.3. The SMILES string of the molecule is Cc1cc(NC(=O)/C=C\c2ccc(OC(F)F)cc2)nn1Cc1cccc(C(F)(F)F)c1. The van der Waals surface area contributed by atoms with Crippen molar-refractivity contribution >= 4 is 17.8 Å². The predicted molar refractivity (Wildman–Crippen MR) is 108 cm³/mol. The lowest BCUT2D eigenvalue weighted by atomic mass is 10.1. The summed E-state index contributed by atoms with van der Waals surface area (Å²) in [5.74, 6) is -0.241. The molecule has 1 heterocycles. The molecule has 10 heteroatoms. The predicted octanol–water partition coefficient (Wildman–Crippen LogP) is 5.51. The van der Waals surface area contributed by atoms with Crippen molar-refractivity contribution in [1.82, 2.24) is 9.78 Å². The van der Waals surface area contributed by atoms with Gasteiger partial charge in [-0.25, -0.2) is 0 Å². The number of nitrogens with one attached hydrogen (secondary N) is 1. The highest BCUT2D eigenvalue weighted by Crippen LogP contribution is 2.29. The Bertz CT molecular complexity index is 1110. The van der Waals surface area contributed by atoms with Gasteiger partial charge >= 0.3 is 12.8 Å². The molecular weight excluding hydrogens is 433 g/mol. The number of aromatic nitrogens is 2. The van der Waals surface area contributed by atoms with Crippen LogP contribution in [-0.2, 0) is 17.5 Å². The molecule has 3 rings (SSSR count). The van der Waals surface area contributed by atoms with Crippen molar-refractivity contribution in [2.24, 2.45) is 0 Å². The van der Waals surface area contributed by atoms with Crippen molar-refractivity contribution in [1.29, 1.82) is 0 Å². The Morgan fingerprint density at radius 3 is 2.53 bits per heavy atom. The number of anilines is 1. The molecule has 0 atom stereocenters. The normalized spacial score (nSPS) is 11.8. The van der Waals surface area contributed by atoms with E-state index in [2.05, 4.69) is 15.2 Å². The lowest BCUT2D eigenvalue weighted by Gasteiger charge is -2.09. The van der Waals surface area contributed by atoms with E-state index < -0.39 is 24.3 Å². The summed E-state index contributed by atoms with van der Waals surface area (Å²) in [6.45, 7) is -1.09. The number of rotatable bonds is 7. The maximum absolute atomic E-state index is 12.9. The summed E-state index contributed by atoms with van der Waals surface area (Å²) in [6.07, 6.45) is -1.71. The highest BCUT2D eigenvalue weighted by atomic mass is 19.4. The van der Waals surface area contributed by atoms with Gasteiger partial charge < -0.3 is 10.1 Å². The topological polar surface area (TPSA) is 56.1 Å². The zero-order valence-corrected chi connectivity index (χ0v) is 16.7. The van der Waals surface area contributed by atoms with Gasteiger partial charge in [-0.2, -0.15) is 27.1 Å². The average molecular weight is 451 g/mol. The summed E-state index contributed by atoms with van der Waals surface area (Å²) < 4.78 is 68.7. The van der Waals surface area contributed by atoms with Gasteiger partial charge in [0.2, 0.25) is 5.91 Å². The van der Waals surface area contributed by atoms with Crippen molar-refractivity contribution in [2.45, 2.75) is 26.3 Å². The molecule has 0 aliphatic rings. The van der Waals surface area contributed by atoms with Gasteiger partial charge in [0.1, 0.15) is 5.75 Å². The van der Waals surface area contributed by atoms with Crippen molar-refractivity contribution in [3.63, 3.8) is 0 Å². The number of aryl methyl sites for hydroxylation is 1. The van der Waals surface area contributed by atoms with Gasteiger partial charge in [0.05, 0.1) is 12.1 Å². The monoisotopic (exact) mass is 451 g/mol. The van der Waals surface area contributed by atoms with Gasteiger partial charge in [-0.05, 0) is 48.4 Å². The Kier molecular flexibility index (Phi) is 6.92. The molecule has 1 N–H and O–H groups in total. The molecule has 0 saturated carbocycles. The Hall–Kier alpha value is -3.69. The van der Waals surface area contributed by atoms with E-state index in [-0.39, 0.29) is 18.1 Å². The Morgan fingerprint density at radius 1 is 1.16 bits per heavy atom. The third-order valence-corrected chi connectivity index (χ3v) is 4.35. The summed E-state index contributed by atoms with van der Waals surface area (Å²) in [4.78, 5) is 12.1. The molecule has 0 aliphatic carbocycles. The van der Waals surface area contributed by atoms with Gasteiger partial charge in [-0.3, -0.25) is 9.48 Å². The Balaban J connectivity index is 1.62. The molecule has 1 aromatic heterocycles. The minimum absolute atomic E-state index is 0.00314. The number of carbonyl (C=O) groups excluding carboxylic acids is 1. The van der Waals surface area contributed by atoms with Gasteiger partial charge in [0.25, 0.3) is 0 Å². The van der Waals surface area contributed by atoms with E-state index in [1.54, 1.807) is 19.1 Å². The fraction of sp³-hybridized carbons (Fsp3) is 0.182. The summed E-state index contributed by atoms with van der Waals surface area (Å²) in [7, 11) is 0. The molecule has 0 radical (unpaired) electrons. The standard InChI is InChI=1S/C22H18F5N3O2/c1-14-11-19(29-30(14)13-16-3-2-4-17(12-16)22(25,26)27)28-20(31)10-7-15-5-8-18(9-6-15)32-21(23)24/h2-12,21H,13H2,1H3,(H,28,29,31)/b10-7-. The molecule has 5 nitrogen and oxygen atoms in total. The van der Waals surface area contributed by atoms with Crippen molar-refractivity contribution in [3.8, 4) is 5.75 Å². The first kappa shape index (κ1) is 23.0. The van der Waals surface area contributed by atoms with E-state index >= 15 is 0 Å². The average Bonchev–Trinajstić information content (AvgIpc) is 3.05. The second-order valence-electron chi connectivity index (χ2n) is 6.80. The summed E-state index contributed by atoms with van der Waals surface area (Å²) in [5, 5.41) is 6.78. The highest BCUT2D eigenvalue weighted by Gasteiger charge is 2.30. The van der Waals surface area contributed by atoms with Crippen LogP contribution in [0.1, 0.15) is 22.4 Å². The molecule has 32 heavy (non-hydrogen) atoms. The van der Waals surface area contributed by atoms with E-state index in [0.29, 0.717) is 16.8 Å². The second kappa shape index (κ2) is 9.63. The summed E-state index contributed by atoms with van der Waals surface area (Å²) in [5.41, 5.74) is 0.916. The number of alkyl halides is 5. The van der Waals surface area contributed by atoms with Crippen LogP contribution in [0.4, 0.5) is 27.8 Å². The molecule has 2 aromatic carbocycles. The number of carbonyl (C=O) groups is 1. The highest BCUT2D eigenvalue weighted by molar-refractivity contribution is 6.01. The largest absolute Gasteiger partial charge is 0.435 e. The van der Waals surface area contributed by atoms with Crippen LogP contribution < -0.4 is 10.1 Å². The van der Waals surface area contributed by atoms with Crippen molar-refractivity contribution in [2.75, 3.05) is 5.32 Å². The molecule has 0 fully saturated rings. The van der Waals surface area contributed by atoms with Crippen LogP contribution in [0.15, 0.2) is 60.7 Å². The van der Waals surface area contributed by atoms with E-state index in [9.17, 15) is 26.7 Å². The second-order valence-corrected chi connectivity index (χ2v) is 6.80. The number of benzene rings is 2. The first-order valence-electron chi connectivity index (χ1n) is 9.35. The van der Waals surface area contributed by atoms with Gasteiger partial charge in [0.15, 0.2) is 5.82 Å². The lowest BCUT2D eigenvalue weighted by molar-refractivity contribution is -0.137.